The van der Waals surface area contributed by atoms with Crippen molar-refractivity contribution in [1.82, 2.24) is 10.2 Å². The first-order valence-electron chi connectivity index (χ1n) is 12.6. The summed E-state index contributed by atoms with van der Waals surface area (Å²) in [7, 11) is 0. The van der Waals surface area contributed by atoms with E-state index in [1.165, 1.54) is 0 Å². The lowest BCUT2D eigenvalue weighted by molar-refractivity contribution is -0.140. The molecule has 0 unspecified atom stereocenters. The van der Waals surface area contributed by atoms with E-state index in [1.807, 2.05) is 54.6 Å². The summed E-state index contributed by atoms with van der Waals surface area (Å²) in [5.74, 6) is -0.359. The molecule has 0 bridgehead atoms. The Balaban J connectivity index is 1.45. The van der Waals surface area contributed by atoms with Gasteiger partial charge in [-0.3, -0.25) is 14.4 Å². The molecule has 1 heterocycles. The Morgan fingerprint density at radius 3 is 2.53 bits per heavy atom. The molecule has 1 aliphatic heterocycles. The van der Waals surface area contributed by atoms with Gasteiger partial charge in [0.15, 0.2) is 0 Å². The average Bonchev–Trinajstić information content (AvgIpc) is 3.16. The zero-order chi connectivity index (χ0) is 25.7. The highest BCUT2D eigenvalue weighted by atomic mass is 35.5. The van der Waals surface area contributed by atoms with Crippen molar-refractivity contribution in [2.24, 2.45) is 0 Å². The van der Waals surface area contributed by atoms with Crippen molar-refractivity contribution < 1.29 is 14.4 Å². The smallest absolute Gasteiger partial charge is 0.258 e. The van der Waals surface area contributed by atoms with Gasteiger partial charge in [-0.05, 0) is 48.9 Å². The van der Waals surface area contributed by atoms with E-state index in [-0.39, 0.29) is 30.7 Å². The van der Waals surface area contributed by atoms with Crippen molar-refractivity contribution in [3.63, 3.8) is 0 Å². The second kappa shape index (κ2) is 11.6. The monoisotopic (exact) mass is 505 g/mol. The fourth-order valence-electron chi connectivity index (χ4n) is 4.66. The van der Waals surface area contributed by atoms with E-state index >= 15 is 0 Å². The molecule has 188 valence electrons. The number of nitrogens with zero attached hydrogens (tertiary/aromatic N) is 2. The molecule has 0 saturated heterocycles. The molecule has 36 heavy (non-hydrogen) atoms. The highest BCUT2D eigenvalue weighted by molar-refractivity contribution is 6.31. The molecule has 3 amide bonds. The Bertz CT molecular complexity index is 1270. The number of halogens is 1. The normalized spacial score (nSPS) is 13.2. The molecule has 0 fully saturated rings. The van der Waals surface area contributed by atoms with E-state index in [0.29, 0.717) is 30.1 Å². The minimum atomic E-state index is -0.642. The summed E-state index contributed by atoms with van der Waals surface area (Å²) in [4.78, 5) is 42.6. The predicted molar refractivity (Wildman–Crippen MR) is 144 cm³/mol. The lowest BCUT2D eigenvalue weighted by atomic mass is 10.1. The summed E-state index contributed by atoms with van der Waals surface area (Å²) in [5.41, 5.74) is 2.38. The Kier molecular flexibility index (Phi) is 8.26. The molecule has 4 rings (SSSR count). The minimum Gasteiger partial charge on any atom is -0.354 e. The van der Waals surface area contributed by atoms with E-state index in [1.54, 1.807) is 22.8 Å². The molecule has 3 aromatic rings. The number of nitrogens with one attached hydrogen (secondary N) is 1. The maximum atomic E-state index is 13.4. The Morgan fingerprint density at radius 2 is 1.78 bits per heavy atom. The molecule has 0 radical (unpaired) electrons. The van der Waals surface area contributed by atoms with Crippen molar-refractivity contribution in [2.45, 2.75) is 52.1 Å². The molecule has 1 atom stereocenters. The van der Waals surface area contributed by atoms with Gasteiger partial charge in [0, 0.05) is 42.0 Å². The summed E-state index contributed by atoms with van der Waals surface area (Å²) >= 11 is 6.37. The summed E-state index contributed by atoms with van der Waals surface area (Å²) in [6, 6.07) is 18.4. The van der Waals surface area contributed by atoms with Crippen LogP contribution in [-0.4, -0.2) is 41.8 Å². The quantitative estimate of drug-likeness (QED) is 0.346. The van der Waals surface area contributed by atoms with Gasteiger partial charge in [0.05, 0.1) is 5.69 Å². The van der Waals surface area contributed by atoms with Crippen molar-refractivity contribution in [3.8, 4) is 0 Å². The number of benzene rings is 3. The summed E-state index contributed by atoms with van der Waals surface area (Å²) in [6.07, 6.45) is 2.56. The number of carbonyl (C=O) groups is 3. The second-order valence-electron chi connectivity index (χ2n) is 9.17. The molecule has 0 aromatic heterocycles. The van der Waals surface area contributed by atoms with E-state index in [2.05, 4.69) is 12.2 Å². The van der Waals surface area contributed by atoms with Crippen LogP contribution >= 0.6 is 11.6 Å². The van der Waals surface area contributed by atoms with Crippen LogP contribution in [0.25, 0.3) is 10.8 Å². The van der Waals surface area contributed by atoms with Gasteiger partial charge in [0.25, 0.3) is 5.91 Å². The van der Waals surface area contributed by atoms with Crippen molar-refractivity contribution >= 4 is 45.8 Å². The van der Waals surface area contributed by atoms with Gasteiger partial charge in [-0.2, -0.15) is 0 Å². The van der Waals surface area contributed by atoms with Crippen LogP contribution in [-0.2, 0) is 16.1 Å². The molecular weight excluding hydrogens is 474 g/mol. The number of hydrogen-bond acceptors (Lipinski definition) is 3. The van der Waals surface area contributed by atoms with Crippen LogP contribution in [0.5, 0.6) is 0 Å². The topological polar surface area (TPSA) is 69.7 Å². The molecule has 1 aliphatic rings. The van der Waals surface area contributed by atoms with Crippen LogP contribution in [0, 0.1) is 0 Å². The fraction of sp³-hybridized carbons (Fsp3) is 0.345. The van der Waals surface area contributed by atoms with Gasteiger partial charge >= 0.3 is 0 Å². The molecule has 6 nitrogen and oxygen atoms in total. The Labute approximate surface area is 217 Å². The highest BCUT2D eigenvalue weighted by Gasteiger charge is 2.30. The third-order valence-electron chi connectivity index (χ3n) is 6.72. The molecular formula is C29H32ClN3O3. The van der Waals surface area contributed by atoms with Crippen molar-refractivity contribution in [1.29, 1.82) is 0 Å². The molecule has 1 N–H and O–H groups in total. The first kappa shape index (κ1) is 25.7. The lowest BCUT2D eigenvalue weighted by Gasteiger charge is -2.29. The number of amides is 3. The third-order valence-corrected chi connectivity index (χ3v) is 7.09. The number of hydrogen-bond donors (Lipinski definition) is 1. The van der Waals surface area contributed by atoms with Crippen molar-refractivity contribution in [2.75, 3.05) is 18.0 Å². The zero-order valence-corrected chi connectivity index (χ0v) is 21.6. The highest BCUT2D eigenvalue weighted by Crippen LogP contribution is 2.37. The number of rotatable bonds is 11. The SMILES string of the molecule is CCCCNC(=O)[C@H](C)N(Cc1ccccc1Cl)C(=O)CCCN1C(=O)c2cccc3cccc1c23. The molecule has 0 saturated carbocycles. The van der Waals surface area contributed by atoms with Crippen LogP contribution in [0.15, 0.2) is 60.7 Å². The molecule has 7 heteroatoms. The van der Waals surface area contributed by atoms with Crippen LogP contribution in [0.2, 0.25) is 5.02 Å². The van der Waals surface area contributed by atoms with Crippen molar-refractivity contribution in [3.05, 3.63) is 76.8 Å². The van der Waals surface area contributed by atoms with E-state index < -0.39 is 6.04 Å². The van der Waals surface area contributed by atoms with Gasteiger partial charge in [0.2, 0.25) is 11.8 Å². The molecule has 3 aromatic carbocycles. The van der Waals surface area contributed by atoms with E-state index in [0.717, 1.165) is 34.9 Å². The van der Waals surface area contributed by atoms with Crippen LogP contribution in [0.1, 0.15) is 55.5 Å². The van der Waals surface area contributed by atoms with Crippen LogP contribution in [0.3, 0.4) is 0 Å². The summed E-state index contributed by atoms with van der Waals surface area (Å²) < 4.78 is 0. The van der Waals surface area contributed by atoms with Gasteiger partial charge in [-0.1, -0.05) is 67.4 Å². The predicted octanol–water partition coefficient (Wildman–Crippen LogP) is 5.57. The van der Waals surface area contributed by atoms with Gasteiger partial charge in [-0.15, -0.1) is 0 Å². The Hall–Kier alpha value is -3.38. The number of anilines is 1. The van der Waals surface area contributed by atoms with E-state index in [4.69, 9.17) is 11.6 Å². The number of carbonyl (C=O) groups excluding carboxylic acids is 3. The van der Waals surface area contributed by atoms with Gasteiger partial charge in [-0.25, -0.2) is 0 Å². The maximum absolute atomic E-state index is 13.4. The maximum Gasteiger partial charge on any atom is 0.258 e. The fourth-order valence-corrected chi connectivity index (χ4v) is 4.86. The molecule has 0 aliphatic carbocycles. The zero-order valence-electron chi connectivity index (χ0n) is 20.8. The second-order valence-corrected chi connectivity index (χ2v) is 9.58. The summed E-state index contributed by atoms with van der Waals surface area (Å²) in [5, 5.41) is 5.49. The van der Waals surface area contributed by atoms with Crippen LogP contribution < -0.4 is 10.2 Å². The average molecular weight is 506 g/mol. The first-order valence-corrected chi connectivity index (χ1v) is 12.9. The first-order chi connectivity index (χ1) is 17.4. The minimum absolute atomic E-state index is 0.0363. The largest absolute Gasteiger partial charge is 0.354 e. The van der Waals surface area contributed by atoms with Gasteiger partial charge in [0.1, 0.15) is 6.04 Å². The standard InChI is InChI=1S/C29H32ClN3O3/c1-3-4-17-31-28(35)20(2)33(19-22-10-5-6-14-24(22)30)26(34)16-9-18-32-25-15-8-12-21-11-7-13-23(27(21)25)29(32)36/h5-8,10-15,20H,3-4,9,16-19H2,1-2H3,(H,31,35)/t20-/m0/s1. The third kappa shape index (κ3) is 5.39. The summed E-state index contributed by atoms with van der Waals surface area (Å²) in [6.45, 7) is 5.06. The number of unbranched alkanes of at least 4 members (excludes halogenated alkanes) is 1. The van der Waals surface area contributed by atoms with Crippen LogP contribution in [0.4, 0.5) is 5.69 Å². The molecule has 0 spiro atoms. The lowest BCUT2D eigenvalue weighted by Crippen LogP contribution is -2.48. The van der Waals surface area contributed by atoms with E-state index in [9.17, 15) is 14.4 Å². The van der Waals surface area contributed by atoms with Gasteiger partial charge < -0.3 is 15.1 Å². The Morgan fingerprint density at radius 1 is 1.03 bits per heavy atom.